The molecular weight excluding hydrogens is 264 g/mol. The second-order valence-electron chi connectivity index (χ2n) is 5.19. The van der Waals surface area contributed by atoms with Crippen LogP contribution in [0, 0.1) is 10.1 Å². The largest absolute Gasteiger partial charge is 0.496 e. The number of methoxy groups -OCH3 is 1. The third-order valence-electron chi connectivity index (χ3n) is 2.38. The highest BCUT2D eigenvalue weighted by Crippen LogP contribution is 2.28. The SMILES string of the molecule is COc1cc(N(C)C(=O)OC(C)(C)C)cc([N+](=O)[O-])c1. The van der Waals surface area contributed by atoms with E-state index in [2.05, 4.69) is 0 Å². The Kier molecular flexibility index (Phi) is 4.54. The molecule has 0 saturated carbocycles. The number of hydrogen-bond donors (Lipinski definition) is 0. The predicted molar refractivity (Wildman–Crippen MR) is 74.3 cm³/mol. The number of carbonyl (C=O) groups excluding carboxylic acids is 1. The summed E-state index contributed by atoms with van der Waals surface area (Å²) < 4.78 is 10.2. The first-order valence-corrected chi connectivity index (χ1v) is 5.94. The molecule has 0 fully saturated rings. The lowest BCUT2D eigenvalue weighted by atomic mass is 10.2. The zero-order valence-electron chi connectivity index (χ0n) is 12.2. The molecule has 0 heterocycles. The second-order valence-corrected chi connectivity index (χ2v) is 5.19. The molecule has 0 atom stereocenters. The van der Waals surface area contributed by atoms with Crippen LogP contribution in [0.5, 0.6) is 5.75 Å². The fourth-order valence-electron chi connectivity index (χ4n) is 1.42. The van der Waals surface area contributed by atoms with Gasteiger partial charge in [0.05, 0.1) is 23.8 Å². The van der Waals surface area contributed by atoms with Gasteiger partial charge in [0, 0.05) is 19.2 Å². The highest BCUT2D eigenvalue weighted by Gasteiger charge is 2.22. The molecule has 7 nitrogen and oxygen atoms in total. The Morgan fingerprint density at radius 3 is 2.35 bits per heavy atom. The van der Waals surface area contributed by atoms with Crippen molar-refractivity contribution in [1.82, 2.24) is 0 Å². The van der Waals surface area contributed by atoms with Gasteiger partial charge in [-0.3, -0.25) is 15.0 Å². The Bertz CT molecular complexity index is 522. The highest BCUT2D eigenvalue weighted by molar-refractivity contribution is 5.88. The van der Waals surface area contributed by atoms with Crippen molar-refractivity contribution in [2.24, 2.45) is 0 Å². The van der Waals surface area contributed by atoms with E-state index in [4.69, 9.17) is 9.47 Å². The fourth-order valence-corrected chi connectivity index (χ4v) is 1.42. The van der Waals surface area contributed by atoms with Gasteiger partial charge in [0.15, 0.2) is 0 Å². The smallest absolute Gasteiger partial charge is 0.414 e. The minimum absolute atomic E-state index is 0.158. The van der Waals surface area contributed by atoms with Crippen LogP contribution >= 0.6 is 0 Å². The van der Waals surface area contributed by atoms with Crippen LogP contribution in [0.15, 0.2) is 18.2 Å². The van der Waals surface area contributed by atoms with Gasteiger partial charge < -0.3 is 9.47 Å². The number of nitro benzene ring substituents is 1. The first-order valence-electron chi connectivity index (χ1n) is 5.94. The van der Waals surface area contributed by atoms with Crippen molar-refractivity contribution < 1.29 is 19.2 Å². The van der Waals surface area contributed by atoms with Crippen molar-refractivity contribution in [1.29, 1.82) is 0 Å². The number of rotatable bonds is 3. The number of nitro groups is 1. The highest BCUT2D eigenvalue weighted by atomic mass is 16.6. The van der Waals surface area contributed by atoms with E-state index < -0.39 is 16.6 Å². The van der Waals surface area contributed by atoms with Crippen LogP contribution in [0.3, 0.4) is 0 Å². The number of ether oxygens (including phenoxy) is 2. The predicted octanol–water partition coefficient (Wildman–Crippen LogP) is 2.97. The van der Waals surface area contributed by atoms with Crippen molar-refractivity contribution in [2.45, 2.75) is 26.4 Å². The molecule has 1 rings (SSSR count). The van der Waals surface area contributed by atoms with Gasteiger partial charge in [0.1, 0.15) is 11.4 Å². The zero-order chi connectivity index (χ0) is 15.5. The lowest BCUT2D eigenvalue weighted by molar-refractivity contribution is -0.384. The van der Waals surface area contributed by atoms with Crippen molar-refractivity contribution in [3.63, 3.8) is 0 Å². The first kappa shape index (κ1) is 15.7. The number of anilines is 1. The average Bonchev–Trinajstić information content (AvgIpc) is 2.35. The van der Waals surface area contributed by atoms with Crippen molar-refractivity contribution in [3.8, 4) is 5.75 Å². The summed E-state index contributed by atoms with van der Waals surface area (Å²) in [5.74, 6) is 0.296. The molecule has 110 valence electrons. The van der Waals surface area contributed by atoms with E-state index in [0.29, 0.717) is 11.4 Å². The quantitative estimate of drug-likeness (QED) is 0.628. The Morgan fingerprint density at radius 2 is 1.90 bits per heavy atom. The second kappa shape index (κ2) is 5.77. The van der Waals surface area contributed by atoms with Gasteiger partial charge in [0.2, 0.25) is 0 Å². The number of nitrogens with zero attached hydrogens (tertiary/aromatic N) is 2. The summed E-state index contributed by atoms with van der Waals surface area (Å²) in [4.78, 5) is 23.4. The maximum absolute atomic E-state index is 11.9. The van der Waals surface area contributed by atoms with E-state index in [0.717, 1.165) is 0 Å². The van der Waals surface area contributed by atoms with Crippen molar-refractivity contribution in [2.75, 3.05) is 19.1 Å². The summed E-state index contributed by atoms with van der Waals surface area (Å²) in [7, 11) is 2.88. The summed E-state index contributed by atoms with van der Waals surface area (Å²) >= 11 is 0. The normalized spacial score (nSPS) is 10.8. The van der Waals surface area contributed by atoms with Crippen molar-refractivity contribution >= 4 is 17.5 Å². The molecule has 0 spiro atoms. The van der Waals surface area contributed by atoms with Gasteiger partial charge in [-0.25, -0.2) is 4.79 Å². The molecule has 1 aromatic carbocycles. The van der Waals surface area contributed by atoms with Gasteiger partial charge in [-0.05, 0) is 20.8 Å². The van der Waals surface area contributed by atoms with Crippen LogP contribution in [0.2, 0.25) is 0 Å². The average molecular weight is 282 g/mol. The molecule has 0 aliphatic rings. The molecule has 0 aromatic heterocycles. The lowest BCUT2D eigenvalue weighted by Gasteiger charge is -2.24. The van der Waals surface area contributed by atoms with Crippen molar-refractivity contribution in [3.05, 3.63) is 28.3 Å². The third-order valence-corrected chi connectivity index (χ3v) is 2.38. The van der Waals surface area contributed by atoms with E-state index in [1.54, 1.807) is 20.8 Å². The van der Waals surface area contributed by atoms with Crippen LogP contribution in [0.25, 0.3) is 0 Å². The van der Waals surface area contributed by atoms with Crippen LogP contribution in [-0.2, 0) is 4.74 Å². The number of benzene rings is 1. The standard InChI is InChI=1S/C13H18N2O5/c1-13(2,3)20-12(16)14(4)9-6-10(15(17)18)8-11(7-9)19-5/h6-8H,1-5H3. The summed E-state index contributed by atoms with van der Waals surface area (Å²) in [6.07, 6.45) is -0.597. The Balaban J connectivity index is 3.08. The Labute approximate surface area is 117 Å². The van der Waals surface area contributed by atoms with Crippen LogP contribution in [0.1, 0.15) is 20.8 Å². The molecule has 1 amide bonds. The molecule has 0 aliphatic carbocycles. The lowest BCUT2D eigenvalue weighted by Crippen LogP contribution is -2.34. The number of hydrogen-bond acceptors (Lipinski definition) is 5. The molecule has 0 bridgehead atoms. The zero-order valence-corrected chi connectivity index (χ0v) is 12.2. The molecule has 0 N–H and O–H groups in total. The van der Waals surface area contributed by atoms with E-state index in [-0.39, 0.29) is 5.69 Å². The number of carbonyl (C=O) groups is 1. The molecule has 7 heteroatoms. The van der Waals surface area contributed by atoms with E-state index in [1.807, 2.05) is 0 Å². The van der Waals surface area contributed by atoms with Gasteiger partial charge in [0.25, 0.3) is 5.69 Å². The molecule has 20 heavy (non-hydrogen) atoms. The van der Waals surface area contributed by atoms with E-state index >= 15 is 0 Å². The maximum atomic E-state index is 11.9. The van der Waals surface area contributed by atoms with Gasteiger partial charge in [-0.1, -0.05) is 0 Å². The first-order chi connectivity index (χ1) is 9.14. The summed E-state index contributed by atoms with van der Waals surface area (Å²) in [5.41, 5.74) is -0.476. The molecule has 0 saturated heterocycles. The van der Waals surface area contributed by atoms with Crippen LogP contribution < -0.4 is 9.64 Å². The van der Waals surface area contributed by atoms with E-state index in [1.165, 1.54) is 37.3 Å². The third kappa shape index (κ3) is 4.11. The number of amides is 1. The van der Waals surface area contributed by atoms with Gasteiger partial charge >= 0.3 is 6.09 Å². The maximum Gasteiger partial charge on any atom is 0.414 e. The van der Waals surface area contributed by atoms with Gasteiger partial charge in [-0.15, -0.1) is 0 Å². The Hall–Kier alpha value is -2.31. The molecule has 0 unspecified atom stereocenters. The summed E-state index contributed by atoms with van der Waals surface area (Å²) in [6, 6.07) is 4.09. The van der Waals surface area contributed by atoms with Crippen LogP contribution in [-0.4, -0.2) is 30.8 Å². The molecule has 0 radical (unpaired) electrons. The van der Waals surface area contributed by atoms with Gasteiger partial charge in [-0.2, -0.15) is 0 Å². The molecule has 0 aliphatic heterocycles. The summed E-state index contributed by atoms with van der Waals surface area (Å²) in [5, 5.41) is 10.9. The number of non-ortho nitro benzene ring substituents is 1. The minimum Gasteiger partial charge on any atom is -0.496 e. The molecule has 1 aromatic rings. The molecular formula is C13H18N2O5. The van der Waals surface area contributed by atoms with E-state index in [9.17, 15) is 14.9 Å². The monoisotopic (exact) mass is 282 g/mol. The topological polar surface area (TPSA) is 81.9 Å². The fraction of sp³-hybridized carbons (Fsp3) is 0.462. The summed E-state index contributed by atoms with van der Waals surface area (Å²) in [6.45, 7) is 5.23. The Morgan fingerprint density at radius 1 is 1.30 bits per heavy atom. The van der Waals surface area contributed by atoms with Crippen LogP contribution in [0.4, 0.5) is 16.2 Å². The minimum atomic E-state index is -0.643.